The van der Waals surface area contributed by atoms with Gasteiger partial charge in [-0.1, -0.05) is 0 Å². The Balaban J connectivity index is 2.57. The maximum absolute atomic E-state index is 5.26. The lowest BCUT2D eigenvalue weighted by atomic mass is 10.2. The van der Waals surface area contributed by atoms with Crippen LogP contribution in [0.3, 0.4) is 0 Å². The molecule has 0 atom stereocenters. The summed E-state index contributed by atoms with van der Waals surface area (Å²) in [5.74, 6) is 1.56. The predicted molar refractivity (Wildman–Crippen MR) is 64.5 cm³/mol. The number of anilines is 1. The molecule has 0 amide bonds. The number of methoxy groups -OCH3 is 2. The maximum atomic E-state index is 5.26. The number of hydrogen-bond acceptors (Lipinski definition) is 4. The summed E-state index contributed by atoms with van der Waals surface area (Å²) in [6, 6.07) is 5.68. The summed E-state index contributed by atoms with van der Waals surface area (Å²) in [7, 11) is 3.28. The molecule has 1 aromatic rings. The first-order valence-electron chi connectivity index (χ1n) is 5.35. The standard InChI is InChI=1S/C12H19NO3/c1-4-16-8-7-13-11-6-5-10(14-2)9-12(11)15-3/h5-6,9,13H,4,7-8H2,1-3H3. The molecule has 0 saturated heterocycles. The fraction of sp³-hybridized carbons (Fsp3) is 0.500. The van der Waals surface area contributed by atoms with Crippen molar-refractivity contribution in [1.29, 1.82) is 0 Å². The van der Waals surface area contributed by atoms with Crippen molar-refractivity contribution < 1.29 is 14.2 Å². The lowest BCUT2D eigenvalue weighted by molar-refractivity contribution is 0.158. The molecule has 0 aliphatic rings. The van der Waals surface area contributed by atoms with Crippen LogP contribution in [0.1, 0.15) is 6.92 Å². The molecular formula is C12H19NO3. The average molecular weight is 225 g/mol. The largest absolute Gasteiger partial charge is 0.497 e. The molecule has 0 aromatic heterocycles. The van der Waals surface area contributed by atoms with Crippen molar-refractivity contribution in [2.24, 2.45) is 0 Å². The lowest BCUT2D eigenvalue weighted by Crippen LogP contribution is -2.09. The minimum absolute atomic E-state index is 0.686. The van der Waals surface area contributed by atoms with Gasteiger partial charge in [0.05, 0.1) is 26.5 Å². The molecule has 16 heavy (non-hydrogen) atoms. The van der Waals surface area contributed by atoms with Crippen molar-refractivity contribution >= 4 is 5.69 Å². The Kier molecular flexibility index (Phi) is 5.50. The molecule has 0 saturated carbocycles. The summed E-state index contributed by atoms with van der Waals surface area (Å²) >= 11 is 0. The van der Waals surface area contributed by atoms with Gasteiger partial charge in [0.25, 0.3) is 0 Å². The molecule has 0 heterocycles. The normalized spacial score (nSPS) is 9.94. The summed E-state index contributed by atoms with van der Waals surface area (Å²) < 4.78 is 15.6. The molecule has 0 bridgehead atoms. The second kappa shape index (κ2) is 6.95. The summed E-state index contributed by atoms with van der Waals surface area (Å²) in [5.41, 5.74) is 0.947. The Bertz CT molecular complexity index is 315. The van der Waals surface area contributed by atoms with Gasteiger partial charge in [0.1, 0.15) is 11.5 Å². The Morgan fingerprint density at radius 2 is 2.00 bits per heavy atom. The van der Waals surface area contributed by atoms with Crippen LogP contribution in [0.15, 0.2) is 18.2 Å². The number of rotatable bonds is 7. The van der Waals surface area contributed by atoms with Gasteiger partial charge in [-0.05, 0) is 19.1 Å². The Morgan fingerprint density at radius 3 is 2.62 bits per heavy atom. The summed E-state index contributed by atoms with van der Waals surface area (Å²) in [6.07, 6.45) is 0. The van der Waals surface area contributed by atoms with E-state index in [2.05, 4.69) is 5.32 Å². The Hall–Kier alpha value is -1.42. The van der Waals surface area contributed by atoms with Crippen molar-refractivity contribution in [2.75, 3.05) is 39.3 Å². The maximum Gasteiger partial charge on any atom is 0.145 e. The number of benzene rings is 1. The number of hydrogen-bond donors (Lipinski definition) is 1. The second-order valence-electron chi connectivity index (χ2n) is 3.19. The third-order valence-corrected chi connectivity index (χ3v) is 2.17. The third-order valence-electron chi connectivity index (χ3n) is 2.17. The van der Waals surface area contributed by atoms with Crippen LogP contribution in [-0.2, 0) is 4.74 Å². The highest BCUT2D eigenvalue weighted by Gasteiger charge is 2.03. The quantitative estimate of drug-likeness (QED) is 0.722. The van der Waals surface area contributed by atoms with E-state index in [4.69, 9.17) is 14.2 Å². The SMILES string of the molecule is CCOCCNc1ccc(OC)cc1OC. The molecule has 4 nitrogen and oxygen atoms in total. The third kappa shape index (κ3) is 3.62. The van der Waals surface area contributed by atoms with Gasteiger partial charge >= 0.3 is 0 Å². The van der Waals surface area contributed by atoms with Crippen LogP contribution in [0.5, 0.6) is 11.5 Å². The van der Waals surface area contributed by atoms with E-state index < -0.39 is 0 Å². The molecule has 90 valence electrons. The van der Waals surface area contributed by atoms with Gasteiger partial charge in [-0.15, -0.1) is 0 Å². The minimum Gasteiger partial charge on any atom is -0.497 e. The van der Waals surface area contributed by atoms with E-state index in [0.29, 0.717) is 6.61 Å². The van der Waals surface area contributed by atoms with Crippen LogP contribution in [-0.4, -0.2) is 34.0 Å². The van der Waals surface area contributed by atoms with Crippen LogP contribution in [0, 0.1) is 0 Å². The molecule has 1 N–H and O–H groups in total. The summed E-state index contributed by atoms with van der Waals surface area (Å²) in [6.45, 7) is 4.16. The molecule has 1 aromatic carbocycles. The van der Waals surface area contributed by atoms with Crippen LogP contribution >= 0.6 is 0 Å². The monoisotopic (exact) mass is 225 g/mol. The number of ether oxygens (including phenoxy) is 3. The van der Waals surface area contributed by atoms with Gasteiger partial charge in [0.15, 0.2) is 0 Å². The highest BCUT2D eigenvalue weighted by molar-refractivity contribution is 5.59. The van der Waals surface area contributed by atoms with E-state index in [-0.39, 0.29) is 0 Å². The van der Waals surface area contributed by atoms with Crippen molar-refractivity contribution in [2.45, 2.75) is 6.92 Å². The molecule has 4 heteroatoms. The lowest BCUT2D eigenvalue weighted by Gasteiger charge is -2.12. The zero-order valence-corrected chi connectivity index (χ0v) is 10.1. The molecule has 0 radical (unpaired) electrons. The Morgan fingerprint density at radius 1 is 1.19 bits per heavy atom. The molecular weight excluding hydrogens is 206 g/mol. The fourth-order valence-corrected chi connectivity index (χ4v) is 1.35. The molecule has 0 fully saturated rings. The van der Waals surface area contributed by atoms with Gasteiger partial charge < -0.3 is 19.5 Å². The first-order chi connectivity index (χ1) is 7.81. The topological polar surface area (TPSA) is 39.7 Å². The molecule has 0 aliphatic heterocycles. The minimum atomic E-state index is 0.686. The van der Waals surface area contributed by atoms with Gasteiger partial charge in [-0.2, -0.15) is 0 Å². The smallest absolute Gasteiger partial charge is 0.145 e. The van der Waals surface area contributed by atoms with E-state index in [0.717, 1.165) is 30.3 Å². The van der Waals surface area contributed by atoms with E-state index in [1.807, 2.05) is 25.1 Å². The Labute approximate surface area is 96.5 Å². The zero-order valence-electron chi connectivity index (χ0n) is 10.1. The van der Waals surface area contributed by atoms with Crippen molar-refractivity contribution in [1.82, 2.24) is 0 Å². The van der Waals surface area contributed by atoms with Crippen LogP contribution in [0.25, 0.3) is 0 Å². The summed E-state index contributed by atoms with van der Waals surface area (Å²) in [5, 5.41) is 3.24. The highest BCUT2D eigenvalue weighted by Crippen LogP contribution is 2.28. The van der Waals surface area contributed by atoms with Gasteiger partial charge in [0, 0.05) is 19.2 Å². The molecule has 1 rings (SSSR count). The fourth-order valence-electron chi connectivity index (χ4n) is 1.35. The van der Waals surface area contributed by atoms with E-state index >= 15 is 0 Å². The van der Waals surface area contributed by atoms with Crippen LogP contribution in [0.2, 0.25) is 0 Å². The van der Waals surface area contributed by atoms with Gasteiger partial charge in [-0.3, -0.25) is 0 Å². The molecule has 0 unspecified atom stereocenters. The van der Waals surface area contributed by atoms with Gasteiger partial charge in [0.2, 0.25) is 0 Å². The van der Waals surface area contributed by atoms with Gasteiger partial charge in [-0.25, -0.2) is 0 Å². The predicted octanol–water partition coefficient (Wildman–Crippen LogP) is 2.15. The van der Waals surface area contributed by atoms with Crippen LogP contribution in [0.4, 0.5) is 5.69 Å². The van der Waals surface area contributed by atoms with Crippen LogP contribution < -0.4 is 14.8 Å². The van der Waals surface area contributed by atoms with E-state index in [9.17, 15) is 0 Å². The highest BCUT2D eigenvalue weighted by atomic mass is 16.5. The second-order valence-corrected chi connectivity index (χ2v) is 3.19. The van der Waals surface area contributed by atoms with Crippen molar-refractivity contribution in [3.8, 4) is 11.5 Å². The van der Waals surface area contributed by atoms with E-state index in [1.54, 1.807) is 14.2 Å². The number of nitrogens with one attached hydrogen (secondary N) is 1. The molecule has 0 aliphatic carbocycles. The summed E-state index contributed by atoms with van der Waals surface area (Å²) in [4.78, 5) is 0. The zero-order chi connectivity index (χ0) is 11.8. The average Bonchev–Trinajstić information content (AvgIpc) is 2.34. The first-order valence-corrected chi connectivity index (χ1v) is 5.35. The van der Waals surface area contributed by atoms with Crippen molar-refractivity contribution in [3.05, 3.63) is 18.2 Å². The van der Waals surface area contributed by atoms with Crippen molar-refractivity contribution in [3.63, 3.8) is 0 Å². The molecule has 0 spiro atoms. The van der Waals surface area contributed by atoms with E-state index in [1.165, 1.54) is 0 Å². The first kappa shape index (κ1) is 12.6.